The molecule has 2 aromatic carbocycles. The third-order valence-corrected chi connectivity index (χ3v) is 5.25. The van der Waals surface area contributed by atoms with Gasteiger partial charge in [-0.15, -0.1) is 0 Å². The lowest BCUT2D eigenvalue weighted by Gasteiger charge is -2.18. The van der Waals surface area contributed by atoms with Crippen molar-refractivity contribution in [1.82, 2.24) is 9.78 Å². The first-order valence-corrected chi connectivity index (χ1v) is 10.2. The maximum absolute atomic E-state index is 12.4. The highest BCUT2D eigenvalue weighted by Crippen LogP contribution is 2.21. The molecular weight excluding hydrogens is 362 g/mol. The van der Waals surface area contributed by atoms with Crippen molar-refractivity contribution in [1.29, 1.82) is 0 Å². The van der Waals surface area contributed by atoms with Crippen molar-refractivity contribution in [3.05, 3.63) is 72.6 Å². The van der Waals surface area contributed by atoms with Crippen molar-refractivity contribution in [2.75, 3.05) is 36.9 Å². The van der Waals surface area contributed by atoms with Crippen LogP contribution in [0.5, 0.6) is 0 Å². The number of benzene rings is 2. The highest BCUT2D eigenvalue weighted by Gasteiger charge is 2.14. The summed E-state index contributed by atoms with van der Waals surface area (Å²) in [6.45, 7) is 3.40. The Morgan fingerprint density at radius 3 is 2.48 bits per heavy atom. The number of nitrogens with one attached hydrogen (secondary N) is 2. The summed E-state index contributed by atoms with van der Waals surface area (Å²) in [6.07, 6.45) is 6.41. The van der Waals surface area contributed by atoms with Gasteiger partial charge in [0.2, 0.25) is 0 Å². The smallest absolute Gasteiger partial charge is 0.279 e. The van der Waals surface area contributed by atoms with E-state index in [0.29, 0.717) is 6.54 Å². The van der Waals surface area contributed by atoms with Crippen molar-refractivity contribution in [2.45, 2.75) is 19.4 Å². The molecule has 1 fully saturated rings. The van der Waals surface area contributed by atoms with Gasteiger partial charge in [0.25, 0.3) is 5.91 Å². The van der Waals surface area contributed by atoms with Gasteiger partial charge in [0, 0.05) is 36.2 Å². The molecule has 0 spiro atoms. The van der Waals surface area contributed by atoms with Gasteiger partial charge in [0.15, 0.2) is 6.54 Å². The summed E-state index contributed by atoms with van der Waals surface area (Å²) < 4.78 is 1.87. The van der Waals surface area contributed by atoms with E-state index in [0.717, 1.165) is 41.5 Å². The van der Waals surface area contributed by atoms with E-state index < -0.39 is 0 Å². The second kappa shape index (κ2) is 8.92. The Labute approximate surface area is 171 Å². The van der Waals surface area contributed by atoms with E-state index >= 15 is 0 Å². The topological polar surface area (TPSA) is 54.6 Å². The van der Waals surface area contributed by atoms with Crippen LogP contribution in [0.15, 0.2) is 67.0 Å². The molecule has 0 bridgehead atoms. The van der Waals surface area contributed by atoms with Crippen LogP contribution in [0.1, 0.15) is 18.4 Å². The molecule has 6 nitrogen and oxygen atoms in total. The van der Waals surface area contributed by atoms with Crippen molar-refractivity contribution in [3.8, 4) is 5.69 Å². The Balaban J connectivity index is 1.28. The minimum atomic E-state index is 0.0203. The fourth-order valence-electron chi connectivity index (χ4n) is 3.79. The number of hydrogen-bond acceptors (Lipinski definition) is 3. The van der Waals surface area contributed by atoms with Crippen LogP contribution in [0.3, 0.4) is 0 Å². The van der Waals surface area contributed by atoms with Gasteiger partial charge < -0.3 is 15.1 Å². The van der Waals surface area contributed by atoms with E-state index in [9.17, 15) is 4.79 Å². The average Bonchev–Trinajstić information content (AvgIpc) is 3.41. The summed E-state index contributed by atoms with van der Waals surface area (Å²) in [7, 11) is 2.02. The number of amides is 1. The SMILES string of the molecule is C[NH+](CC(=O)Nc1ccc(N2CCCC2)cc1)Cc1cnn(-c2ccccc2)c1. The van der Waals surface area contributed by atoms with E-state index in [1.807, 2.05) is 66.6 Å². The lowest BCUT2D eigenvalue weighted by atomic mass is 10.2. The summed E-state index contributed by atoms with van der Waals surface area (Å²) >= 11 is 0. The predicted molar refractivity (Wildman–Crippen MR) is 116 cm³/mol. The molecule has 3 aromatic rings. The van der Waals surface area contributed by atoms with E-state index in [2.05, 4.69) is 27.4 Å². The molecule has 29 heavy (non-hydrogen) atoms. The van der Waals surface area contributed by atoms with Crippen molar-refractivity contribution < 1.29 is 9.69 Å². The Hall–Kier alpha value is -3.12. The molecule has 150 valence electrons. The van der Waals surface area contributed by atoms with Gasteiger partial charge in [-0.25, -0.2) is 4.68 Å². The summed E-state index contributed by atoms with van der Waals surface area (Å²) in [6, 6.07) is 18.2. The molecule has 0 saturated carbocycles. The summed E-state index contributed by atoms with van der Waals surface area (Å²) in [5, 5.41) is 7.43. The molecule has 4 rings (SSSR count). The van der Waals surface area contributed by atoms with E-state index in [1.165, 1.54) is 18.5 Å². The maximum Gasteiger partial charge on any atom is 0.279 e. The minimum absolute atomic E-state index is 0.0203. The van der Waals surface area contributed by atoms with Crippen molar-refractivity contribution in [3.63, 3.8) is 0 Å². The number of hydrogen-bond donors (Lipinski definition) is 2. The fourth-order valence-corrected chi connectivity index (χ4v) is 3.79. The molecule has 0 aliphatic carbocycles. The van der Waals surface area contributed by atoms with E-state index in [4.69, 9.17) is 0 Å². The summed E-state index contributed by atoms with van der Waals surface area (Å²) in [5.74, 6) is 0.0203. The molecule has 1 aliphatic heterocycles. The van der Waals surface area contributed by atoms with Gasteiger partial charge in [-0.3, -0.25) is 4.79 Å². The second-order valence-electron chi connectivity index (χ2n) is 7.73. The Bertz CT molecular complexity index is 929. The van der Waals surface area contributed by atoms with Crippen LogP contribution in [-0.4, -0.2) is 42.4 Å². The molecule has 1 saturated heterocycles. The zero-order valence-corrected chi connectivity index (χ0v) is 16.8. The largest absolute Gasteiger partial charge is 0.372 e. The molecule has 1 aromatic heterocycles. The lowest BCUT2D eigenvalue weighted by molar-refractivity contribution is -0.885. The molecule has 0 radical (unpaired) electrons. The monoisotopic (exact) mass is 390 g/mol. The van der Waals surface area contributed by atoms with Gasteiger partial charge >= 0.3 is 0 Å². The number of carbonyl (C=O) groups is 1. The third-order valence-electron chi connectivity index (χ3n) is 5.25. The molecule has 6 heteroatoms. The molecular formula is C23H28N5O+. The van der Waals surface area contributed by atoms with Crippen molar-refractivity contribution >= 4 is 17.3 Å². The Kier molecular flexibility index (Phi) is 5.91. The quantitative estimate of drug-likeness (QED) is 0.650. The van der Waals surface area contributed by atoms with Gasteiger partial charge in [0.1, 0.15) is 6.54 Å². The van der Waals surface area contributed by atoms with Crippen LogP contribution in [0.2, 0.25) is 0 Å². The zero-order valence-electron chi connectivity index (χ0n) is 16.8. The van der Waals surface area contributed by atoms with Crippen LogP contribution in [0, 0.1) is 0 Å². The molecule has 1 atom stereocenters. The molecule has 1 unspecified atom stereocenters. The Morgan fingerprint density at radius 2 is 1.76 bits per heavy atom. The fraction of sp³-hybridized carbons (Fsp3) is 0.304. The number of nitrogens with zero attached hydrogens (tertiary/aromatic N) is 3. The van der Waals surface area contributed by atoms with Crippen LogP contribution in [0.4, 0.5) is 11.4 Å². The first-order valence-electron chi connectivity index (χ1n) is 10.2. The summed E-state index contributed by atoms with van der Waals surface area (Å²) in [5.41, 5.74) is 4.22. The molecule has 2 heterocycles. The van der Waals surface area contributed by atoms with Gasteiger partial charge in [-0.2, -0.15) is 5.10 Å². The van der Waals surface area contributed by atoms with Gasteiger partial charge in [-0.1, -0.05) is 18.2 Å². The highest BCUT2D eigenvalue weighted by atomic mass is 16.2. The molecule has 1 aliphatic rings. The van der Waals surface area contributed by atoms with E-state index in [-0.39, 0.29) is 5.91 Å². The Morgan fingerprint density at radius 1 is 1.03 bits per heavy atom. The average molecular weight is 391 g/mol. The van der Waals surface area contributed by atoms with Gasteiger partial charge in [0.05, 0.1) is 18.9 Å². The normalized spacial score (nSPS) is 14.7. The number of carbonyl (C=O) groups excluding carboxylic acids is 1. The van der Waals surface area contributed by atoms with Crippen LogP contribution >= 0.6 is 0 Å². The summed E-state index contributed by atoms with van der Waals surface area (Å²) in [4.78, 5) is 15.9. The van der Waals surface area contributed by atoms with Crippen LogP contribution in [0.25, 0.3) is 5.69 Å². The predicted octanol–water partition coefficient (Wildman–Crippen LogP) is 2.13. The minimum Gasteiger partial charge on any atom is -0.372 e. The number of aromatic nitrogens is 2. The number of quaternary nitrogens is 1. The second-order valence-corrected chi connectivity index (χ2v) is 7.73. The van der Waals surface area contributed by atoms with Crippen LogP contribution in [-0.2, 0) is 11.3 Å². The number of rotatable bonds is 7. The van der Waals surface area contributed by atoms with E-state index in [1.54, 1.807) is 0 Å². The first-order chi connectivity index (χ1) is 14.2. The lowest BCUT2D eigenvalue weighted by Crippen LogP contribution is -3.08. The molecule has 1 amide bonds. The highest BCUT2D eigenvalue weighted by molar-refractivity contribution is 5.91. The standard InChI is InChI=1S/C23H27N5O/c1-26(16-19-15-24-28(17-19)22-7-3-2-4-8-22)18-23(29)25-20-9-11-21(12-10-20)27-13-5-6-14-27/h2-4,7-12,15,17H,5-6,13-14,16,18H2,1H3,(H,25,29)/p+1. The number of para-hydroxylation sites is 1. The van der Waals surface area contributed by atoms with Crippen molar-refractivity contribution in [2.24, 2.45) is 0 Å². The van der Waals surface area contributed by atoms with Gasteiger partial charge in [-0.05, 0) is 49.2 Å². The molecule has 2 N–H and O–H groups in total. The number of likely N-dealkylation sites (N-methyl/N-ethyl adjacent to an activating group) is 1. The first kappa shape index (κ1) is 19.2. The number of anilines is 2. The third kappa shape index (κ3) is 5.03. The maximum atomic E-state index is 12.4. The van der Waals surface area contributed by atoms with Crippen LogP contribution < -0.4 is 15.1 Å². The zero-order chi connectivity index (χ0) is 20.1.